The number of aromatic nitrogens is 2. The summed E-state index contributed by atoms with van der Waals surface area (Å²) in [6, 6.07) is 27.0. The van der Waals surface area contributed by atoms with Crippen molar-refractivity contribution in [2.45, 2.75) is 25.9 Å². The zero-order valence-corrected chi connectivity index (χ0v) is 20.8. The number of hydrogen-bond acceptors (Lipinski definition) is 4. The van der Waals surface area contributed by atoms with E-state index in [4.69, 9.17) is 9.72 Å². The first-order valence-electron chi connectivity index (χ1n) is 12.5. The molecule has 0 radical (unpaired) electrons. The van der Waals surface area contributed by atoms with Gasteiger partial charge in [-0.15, -0.1) is 0 Å². The predicted octanol–water partition coefficient (Wildman–Crippen LogP) is 5.11. The normalized spacial score (nSPS) is 14.9. The van der Waals surface area contributed by atoms with Gasteiger partial charge in [-0.2, -0.15) is 0 Å². The van der Waals surface area contributed by atoms with Crippen molar-refractivity contribution in [1.82, 2.24) is 14.5 Å². The Kier molecular flexibility index (Phi) is 7.42. The van der Waals surface area contributed by atoms with Crippen molar-refractivity contribution < 1.29 is 14.3 Å². The number of amides is 2. The molecule has 1 aromatic heterocycles. The highest BCUT2D eigenvalue weighted by Gasteiger charge is 2.26. The van der Waals surface area contributed by atoms with Crippen LogP contribution in [0.15, 0.2) is 91.1 Å². The number of hydrogen-bond donors (Lipinski definition) is 1. The molecule has 1 saturated heterocycles. The highest BCUT2D eigenvalue weighted by molar-refractivity contribution is 6.00. The summed E-state index contributed by atoms with van der Waals surface area (Å²) >= 11 is 0. The summed E-state index contributed by atoms with van der Waals surface area (Å²) in [6.45, 7) is 2.84. The van der Waals surface area contributed by atoms with Gasteiger partial charge in [-0.05, 0) is 43.5 Å². The first kappa shape index (κ1) is 24.5. The third-order valence-electron chi connectivity index (χ3n) is 6.51. The first-order valence-corrected chi connectivity index (χ1v) is 12.5. The second kappa shape index (κ2) is 11.2. The molecule has 0 aliphatic carbocycles. The number of carbonyl (C=O) groups excluding carboxylic acids is 2. The van der Waals surface area contributed by atoms with Gasteiger partial charge in [0.1, 0.15) is 6.54 Å². The van der Waals surface area contributed by atoms with Gasteiger partial charge in [-0.25, -0.2) is 4.98 Å². The molecule has 7 heteroatoms. The molecular weight excluding hydrogens is 464 g/mol. The molecule has 2 heterocycles. The van der Waals surface area contributed by atoms with E-state index in [-0.39, 0.29) is 24.5 Å². The maximum absolute atomic E-state index is 13.5. The number of para-hydroxylation sites is 1. The van der Waals surface area contributed by atoms with Crippen molar-refractivity contribution in [2.75, 3.05) is 25.0 Å². The standard InChI is InChI=1S/C30H30N4O3/c1-22-11-8-9-17-26(22)29(36)33(19-25-16-10-18-37-25)21-28(35)32-30-31-27(23-12-4-2-5-13-23)20-34(30)24-14-6-3-7-15-24/h2-9,11-15,17,20,25H,10,16,18-19,21H2,1H3,(H,31,32,35). The number of carbonyl (C=O) groups is 2. The van der Waals surface area contributed by atoms with E-state index in [1.807, 2.05) is 96.6 Å². The van der Waals surface area contributed by atoms with Crippen LogP contribution in [-0.4, -0.2) is 52.1 Å². The van der Waals surface area contributed by atoms with E-state index in [0.29, 0.717) is 24.7 Å². The van der Waals surface area contributed by atoms with Crippen molar-refractivity contribution >= 4 is 17.8 Å². The molecule has 5 rings (SSSR count). The van der Waals surface area contributed by atoms with Crippen LogP contribution in [0.1, 0.15) is 28.8 Å². The van der Waals surface area contributed by atoms with Crippen molar-refractivity contribution in [3.05, 3.63) is 102 Å². The van der Waals surface area contributed by atoms with Crippen LogP contribution in [-0.2, 0) is 9.53 Å². The molecule has 188 valence electrons. The molecule has 7 nitrogen and oxygen atoms in total. The molecule has 0 saturated carbocycles. The summed E-state index contributed by atoms with van der Waals surface area (Å²) < 4.78 is 7.64. The van der Waals surface area contributed by atoms with Crippen LogP contribution in [0.4, 0.5) is 5.95 Å². The number of nitrogens with one attached hydrogen (secondary N) is 1. The van der Waals surface area contributed by atoms with Crippen LogP contribution in [0.25, 0.3) is 16.9 Å². The molecular formula is C30H30N4O3. The Hall–Kier alpha value is -4.23. The van der Waals surface area contributed by atoms with Gasteiger partial charge in [0.25, 0.3) is 5.91 Å². The minimum Gasteiger partial charge on any atom is -0.376 e. The molecule has 1 fully saturated rings. The SMILES string of the molecule is Cc1ccccc1C(=O)N(CC(=O)Nc1nc(-c2ccccc2)cn1-c1ccccc1)CC1CCCO1. The molecule has 1 aliphatic rings. The molecule has 1 N–H and O–H groups in total. The Labute approximate surface area is 216 Å². The second-order valence-electron chi connectivity index (χ2n) is 9.21. The summed E-state index contributed by atoms with van der Waals surface area (Å²) in [5, 5.41) is 2.95. The van der Waals surface area contributed by atoms with Crippen LogP contribution in [0.2, 0.25) is 0 Å². The zero-order chi connectivity index (χ0) is 25.6. The van der Waals surface area contributed by atoms with Gasteiger partial charge in [0, 0.05) is 36.2 Å². The molecule has 1 unspecified atom stereocenters. The predicted molar refractivity (Wildman–Crippen MR) is 144 cm³/mol. The van der Waals surface area contributed by atoms with Gasteiger partial charge < -0.3 is 9.64 Å². The third kappa shape index (κ3) is 5.78. The van der Waals surface area contributed by atoms with E-state index >= 15 is 0 Å². The largest absolute Gasteiger partial charge is 0.376 e. The Bertz CT molecular complexity index is 1360. The van der Waals surface area contributed by atoms with Crippen molar-refractivity contribution in [1.29, 1.82) is 0 Å². The van der Waals surface area contributed by atoms with Crippen LogP contribution in [0.3, 0.4) is 0 Å². The van der Waals surface area contributed by atoms with E-state index < -0.39 is 0 Å². The monoisotopic (exact) mass is 494 g/mol. The van der Waals surface area contributed by atoms with E-state index in [2.05, 4.69) is 5.32 Å². The Morgan fingerprint density at radius 2 is 1.70 bits per heavy atom. The van der Waals surface area contributed by atoms with E-state index in [1.165, 1.54) is 0 Å². The Morgan fingerprint density at radius 3 is 2.41 bits per heavy atom. The van der Waals surface area contributed by atoms with Crippen LogP contribution >= 0.6 is 0 Å². The molecule has 0 bridgehead atoms. The number of benzene rings is 3. The fourth-order valence-corrected chi connectivity index (χ4v) is 4.58. The van der Waals surface area contributed by atoms with Gasteiger partial charge in [0.15, 0.2) is 0 Å². The Morgan fingerprint density at radius 1 is 1.00 bits per heavy atom. The van der Waals surface area contributed by atoms with Crippen LogP contribution in [0, 0.1) is 6.92 Å². The average molecular weight is 495 g/mol. The molecule has 0 spiro atoms. The first-order chi connectivity index (χ1) is 18.1. The highest BCUT2D eigenvalue weighted by atomic mass is 16.5. The lowest BCUT2D eigenvalue weighted by atomic mass is 10.1. The van der Waals surface area contributed by atoms with Gasteiger partial charge in [-0.1, -0.05) is 66.7 Å². The van der Waals surface area contributed by atoms with Crippen LogP contribution < -0.4 is 5.32 Å². The fraction of sp³-hybridized carbons (Fsp3) is 0.233. The van der Waals surface area contributed by atoms with Gasteiger partial charge in [0.2, 0.25) is 11.9 Å². The molecule has 1 atom stereocenters. The lowest BCUT2D eigenvalue weighted by Gasteiger charge is -2.25. The number of rotatable bonds is 8. The van der Waals surface area contributed by atoms with E-state index in [1.54, 1.807) is 11.0 Å². The number of aryl methyl sites for hydroxylation is 1. The quantitative estimate of drug-likeness (QED) is 0.369. The lowest BCUT2D eigenvalue weighted by molar-refractivity contribution is -0.117. The summed E-state index contributed by atoms with van der Waals surface area (Å²) in [6.07, 6.45) is 3.66. The molecule has 3 aromatic carbocycles. The third-order valence-corrected chi connectivity index (χ3v) is 6.51. The summed E-state index contributed by atoms with van der Waals surface area (Å²) in [5.41, 5.74) is 4.02. The Balaban J connectivity index is 1.41. The van der Waals surface area contributed by atoms with Gasteiger partial charge >= 0.3 is 0 Å². The van der Waals surface area contributed by atoms with E-state index in [0.717, 1.165) is 35.3 Å². The van der Waals surface area contributed by atoms with Crippen molar-refractivity contribution in [3.8, 4) is 16.9 Å². The average Bonchev–Trinajstić information content (AvgIpc) is 3.59. The highest BCUT2D eigenvalue weighted by Crippen LogP contribution is 2.24. The molecule has 1 aliphatic heterocycles. The summed E-state index contributed by atoms with van der Waals surface area (Å²) in [5.74, 6) is -0.0992. The second-order valence-corrected chi connectivity index (χ2v) is 9.21. The van der Waals surface area contributed by atoms with Crippen molar-refractivity contribution in [3.63, 3.8) is 0 Å². The van der Waals surface area contributed by atoms with Gasteiger partial charge in [0.05, 0.1) is 11.8 Å². The topological polar surface area (TPSA) is 76.5 Å². The minimum atomic E-state index is -0.317. The lowest BCUT2D eigenvalue weighted by Crippen LogP contribution is -2.42. The molecule has 2 amide bonds. The summed E-state index contributed by atoms with van der Waals surface area (Å²) in [4.78, 5) is 33.1. The maximum Gasteiger partial charge on any atom is 0.254 e. The minimum absolute atomic E-state index is 0.0724. The van der Waals surface area contributed by atoms with E-state index in [9.17, 15) is 9.59 Å². The smallest absolute Gasteiger partial charge is 0.254 e. The van der Waals surface area contributed by atoms with Gasteiger partial charge in [-0.3, -0.25) is 19.5 Å². The number of ether oxygens (including phenoxy) is 1. The summed E-state index contributed by atoms with van der Waals surface area (Å²) in [7, 11) is 0. The number of imidazole rings is 1. The molecule has 37 heavy (non-hydrogen) atoms. The number of anilines is 1. The fourth-order valence-electron chi connectivity index (χ4n) is 4.58. The molecule has 4 aromatic rings. The number of nitrogens with zero attached hydrogens (tertiary/aromatic N) is 3. The van der Waals surface area contributed by atoms with Crippen LogP contribution in [0.5, 0.6) is 0 Å². The maximum atomic E-state index is 13.5. The zero-order valence-electron chi connectivity index (χ0n) is 20.8. The van der Waals surface area contributed by atoms with Crippen molar-refractivity contribution in [2.24, 2.45) is 0 Å².